The van der Waals surface area contributed by atoms with Gasteiger partial charge in [-0.15, -0.1) is 0 Å². The number of nitrogens with zero attached hydrogens (tertiary/aromatic N) is 1. The first-order valence-corrected chi connectivity index (χ1v) is 10.2. The minimum absolute atomic E-state index is 0.0854. The molecule has 0 aliphatic carbocycles. The van der Waals surface area contributed by atoms with Crippen molar-refractivity contribution in [3.05, 3.63) is 54.1 Å². The van der Waals surface area contributed by atoms with Crippen LogP contribution in [0.1, 0.15) is 12.5 Å². The first-order chi connectivity index (χ1) is 13.3. The van der Waals surface area contributed by atoms with Gasteiger partial charge in [-0.25, -0.2) is 13.6 Å². The van der Waals surface area contributed by atoms with Crippen molar-refractivity contribution < 1.29 is 17.9 Å². The van der Waals surface area contributed by atoms with Gasteiger partial charge in [-0.1, -0.05) is 18.2 Å². The van der Waals surface area contributed by atoms with Gasteiger partial charge in [-0.3, -0.25) is 4.99 Å². The van der Waals surface area contributed by atoms with Crippen molar-refractivity contribution in [1.82, 2.24) is 10.6 Å². The Morgan fingerprint density at radius 3 is 2.43 bits per heavy atom. The quantitative estimate of drug-likeness (QED) is 0.452. The Hall–Kier alpha value is -2.78. The molecule has 8 nitrogen and oxygen atoms in total. The minimum atomic E-state index is -3.68. The zero-order valence-electron chi connectivity index (χ0n) is 16.2. The number of guanidine groups is 1. The van der Waals surface area contributed by atoms with E-state index in [1.807, 2.05) is 31.2 Å². The number of rotatable bonds is 8. The Morgan fingerprint density at radius 2 is 1.82 bits per heavy atom. The Balaban J connectivity index is 1.82. The maximum atomic E-state index is 11.3. The molecule has 4 N–H and O–H groups in total. The molecule has 152 valence electrons. The molecular formula is C19H26N4O4S. The summed E-state index contributed by atoms with van der Waals surface area (Å²) in [5, 5.41) is 11.5. The van der Waals surface area contributed by atoms with Gasteiger partial charge in [0.2, 0.25) is 10.0 Å². The van der Waals surface area contributed by atoms with Gasteiger partial charge in [0.15, 0.2) is 5.96 Å². The number of hydrogen-bond donors (Lipinski definition) is 3. The van der Waals surface area contributed by atoms with E-state index in [-0.39, 0.29) is 11.0 Å². The average molecular weight is 407 g/mol. The average Bonchev–Trinajstić information content (AvgIpc) is 2.68. The molecule has 0 bridgehead atoms. The van der Waals surface area contributed by atoms with Crippen LogP contribution in [0.15, 0.2) is 58.4 Å². The molecule has 0 amide bonds. The molecule has 0 radical (unpaired) electrons. The summed E-state index contributed by atoms with van der Waals surface area (Å²) >= 11 is 0. The van der Waals surface area contributed by atoms with E-state index in [1.165, 1.54) is 12.1 Å². The summed E-state index contributed by atoms with van der Waals surface area (Å²) in [4.78, 5) is 4.25. The third-order valence-corrected chi connectivity index (χ3v) is 4.80. The largest absolute Gasteiger partial charge is 0.497 e. The van der Waals surface area contributed by atoms with E-state index in [1.54, 1.807) is 26.3 Å². The van der Waals surface area contributed by atoms with E-state index >= 15 is 0 Å². The van der Waals surface area contributed by atoms with Crippen LogP contribution in [0.4, 0.5) is 0 Å². The molecule has 2 rings (SSSR count). The lowest BCUT2D eigenvalue weighted by Gasteiger charge is -2.18. The predicted molar refractivity (Wildman–Crippen MR) is 109 cm³/mol. The number of ether oxygens (including phenoxy) is 2. The fourth-order valence-electron chi connectivity index (χ4n) is 2.39. The maximum Gasteiger partial charge on any atom is 0.238 e. The van der Waals surface area contributed by atoms with Crippen molar-refractivity contribution in [2.24, 2.45) is 10.1 Å². The molecular weight excluding hydrogens is 380 g/mol. The summed E-state index contributed by atoms with van der Waals surface area (Å²) in [5.74, 6) is 2.08. The SMILES string of the molecule is CN=C(NCc1ccc(S(N)(=O)=O)cc1)NCC(C)Oc1cccc(OC)c1. The van der Waals surface area contributed by atoms with Crippen molar-refractivity contribution in [3.63, 3.8) is 0 Å². The first kappa shape index (κ1) is 21.5. The number of benzene rings is 2. The molecule has 0 aromatic heterocycles. The van der Waals surface area contributed by atoms with Crippen LogP contribution >= 0.6 is 0 Å². The molecule has 9 heteroatoms. The highest BCUT2D eigenvalue weighted by molar-refractivity contribution is 7.89. The van der Waals surface area contributed by atoms with Crippen LogP contribution in [0.5, 0.6) is 11.5 Å². The van der Waals surface area contributed by atoms with E-state index in [0.717, 1.165) is 17.1 Å². The summed E-state index contributed by atoms with van der Waals surface area (Å²) in [7, 11) is -0.395. The topological polar surface area (TPSA) is 115 Å². The van der Waals surface area contributed by atoms with Crippen LogP contribution in [0.3, 0.4) is 0 Å². The van der Waals surface area contributed by atoms with E-state index in [9.17, 15) is 8.42 Å². The van der Waals surface area contributed by atoms with Crippen LogP contribution in [0.25, 0.3) is 0 Å². The van der Waals surface area contributed by atoms with Gasteiger partial charge in [0.05, 0.1) is 18.6 Å². The van der Waals surface area contributed by atoms with Crippen LogP contribution in [-0.2, 0) is 16.6 Å². The number of nitrogens with one attached hydrogen (secondary N) is 2. The number of methoxy groups -OCH3 is 1. The second-order valence-corrected chi connectivity index (χ2v) is 7.66. The lowest BCUT2D eigenvalue weighted by molar-refractivity contribution is 0.223. The highest BCUT2D eigenvalue weighted by atomic mass is 32.2. The molecule has 1 unspecified atom stereocenters. The molecule has 0 aliphatic rings. The van der Waals surface area contributed by atoms with Gasteiger partial charge in [0.25, 0.3) is 0 Å². The standard InChI is InChI=1S/C19H26N4O4S/c1-14(27-17-6-4-5-16(11-17)26-3)12-22-19(21-2)23-13-15-7-9-18(10-8-15)28(20,24)25/h4-11,14H,12-13H2,1-3H3,(H2,20,24,25)(H2,21,22,23). The van der Waals surface area contributed by atoms with Crippen molar-refractivity contribution in [2.45, 2.75) is 24.5 Å². The van der Waals surface area contributed by atoms with E-state index < -0.39 is 10.0 Å². The zero-order chi connectivity index (χ0) is 20.6. The summed E-state index contributed by atoms with van der Waals surface area (Å²) in [5.41, 5.74) is 0.899. The van der Waals surface area contributed by atoms with Crippen molar-refractivity contribution in [2.75, 3.05) is 20.7 Å². The minimum Gasteiger partial charge on any atom is -0.497 e. The highest BCUT2D eigenvalue weighted by Gasteiger charge is 2.08. The maximum absolute atomic E-state index is 11.3. The second-order valence-electron chi connectivity index (χ2n) is 6.10. The fourth-order valence-corrected chi connectivity index (χ4v) is 2.91. The Bertz CT molecular complexity index is 898. The second kappa shape index (κ2) is 9.95. The van der Waals surface area contributed by atoms with Crippen molar-refractivity contribution >= 4 is 16.0 Å². The predicted octanol–water partition coefficient (Wildman–Crippen LogP) is 1.48. The van der Waals surface area contributed by atoms with Gasteiger partial charge in [0, 0.05) is 19.7 Å². The van der Waals surface area contributed by atoms with Crippen molar-refractivity contribution in [1.29, 1.82) is 0 Å². The molecule has 1 atom stereocenters. The van der Waals surface area contributed by atoms with Gasteiger partial charge < -0.3 is 20.1 Å². The van der Waals surface area contributed by atoms with Crippen LogP contribution in [-0.4, -0.2) is 41.2 Å². The van der Waals surface area contributed by atoms with E-state index in [0.29, 0.717) is 19.0 Å². The Kier molecular flexibility index (Phi) is 7.65. The van der Waals surface area contributed by atoms with Crippen molar-refractivity contribution in [3.8, 4) is 11.5 Å². The molecule has 0 aliphatic heterocycles. The summed E-state index contributed by atoms with van der Waals surface area (Å²) in [6.07, 6.45) is -0.0975. The van der Waals surface area contributed by atoms with E-state index in [2.05, 4.69) is 15.6 Å². The Morgan fingerprint density at radius 1 is 1.14 bits per heavy atom. The smallest absolute Gasteiger partial charge is 0.238 e. The van der Waals surface area contributed by atoms with Gasteiger partial charge in [-0.05, 0) is 36.8 Å². The third kappa shape index (κ3) is 6.75. The molecule has 0 spiro atoms. The molecule has 2 aromatic rings. The van der Waals surface area contributed by atoms with Crippen LogP contribution < -0.4 is 25.2 Å². The number of hydrogen-bond acceptors (Lipinski definition) is 5. The highest BCUT2D eigenvalue weighted by Crippen LogP contribution is 2.19. The number of primary sulfonamides is 1. The van der Waals surface area contributed by atoms with E-state index in [4.69, 9.17) is 14.6 Å². The summed E-state index contributed by atoms with van der Waals surface area (Å²) in [6.45, 7) is 2.97. The number of sulfonamides is 1. The lowest BCUT2D eigenvalue weighted by atomic mass is 10.2. The number of nitrogens with two attached hydrogens (primary N) is 1. The molecule has 28 heavy (non-hydrogen) atoms. The Labute approximate surface area is 165 Å². The molecule has 0 saturated carbocycles. The summed E-state index contributed by atoms with van der Waals surface area (Å²) in [6, 6.07) is 13.8. The molecule has 0 saturated heterocycles. The van der Waals surface area contributed by atoms with Gasteiger partial charge >= 0.3 is 0 Å². The van der Waals surface area contributed by atoms with Gasteiger partial charge in [-0.2, -0.15) is 0 Å². The summed E-state index contributed by atoms with van der Waals surface area (Å²) < 4.78 is 33.6. The zero-order valence-corrected chi connectivity index (χ0v) is 17.0. The van der Waals surface area contributed by atoms with Crippen LogP contribution in [0, 0.1) is 0 Å². The lowest BCUT2D eigenvalue weighted by Crippen LogP contribution is -2.41. The monoisotopic (exact) mass is 406 g/mol. The normalized spacial score (nSPS) is 12.9. The first-order valence-electron chi connectivity index (χ1n) is 8.69. The van der Waals surface area contributed by atoms with Gasteiger partial charge in [0.1, 0.15) is 17.6 Å². The fraction of sp³-hybridized carbons (Fsp3) is 0.316. The molecule has 0 fully saturated rings. The number of aliphatic imine (C=N–C) groups is 1. The van der Waals surface area contributed by atoms with Crippen LogP contribution in [0.2, 0.25) is 0 Å². The molecule has 2 aromatic carbocycles. The third-order valence-electron chi connectivity index (χ3n) is 3.87. The molecule has 0 heterocycles.